The van der Waals surface area contributed by atoms with E-state index in [0.29, 0.717) is 12.1 Å². The van der Waals surface area contributed by atoms with E-state index in [9.17, 15) is 31.2 Å². The van der Waals surface area contributed by atoms with E-state index in [1.165, 1.54) is 42.7 Å². The number of anilines is 1. The highest BCUT2D eigenvalue weighted by atomic mass is 32.2. The Morgan fingerprint density at radius 2 is 1.79 bits per heavy atom. The molecule has 2 amide bonds. The number of amides is 2. The summed E-state index contributed by atoms with van der Waals surface area (Å²) in [6.07, 6.45) is -4.80. The molecular weight excluding hydrogens is 479 g/mol. The van der Waals surface area contributed by atoms with Gasteiger partial charge in [-0.3, -0.25) is 14.8 Å². The summed E-state index contributed by atoms with van der Waals surface area (Å²) in [5.74, 6) is -1.97. The molecule has 34 heavy (non-hydrogen) atoms. The van der Waals surface area contributed by atoms with Crippen LogP contribution in [0.2, 0.25) is 0 Å². The van der Waals surface area contributed by atoms with Gasteiger partial charge >= 0.3 is 6.36 Å². The fraction of sp³-hybridized carbons (Fsp3) is 0.333. The molecule has 0 aromatic heterocycles. The number of carbonyl (C=O) groups is 2. The molecule has 0 saturated heterocycles. The molecule has 2 aromatic carbocycles. The molecule has 0 saturated carbocycles. The van der Waals surface area contributed by atoms with E-state index in [1.54, 1.807) is 11.8 Å². The number of benzene rings is 2. The minimum atomic E-state index is -4.80. The van der Waals surface area contributed by atoms with Gasteiger partial charge in [-0.25, -0.2) is 13.9 Å². The largest absolute Gasteiger partial charge is 0.573 e. The van der Waals surface area contributed by atoms with E-state index in [-0.39, 0.29) is 28.4 Å². The molecule has 9 nitrogen and oxygen atoms in total. The number of hydrogen-bond acceptors (Lipinski definition) is 7. The highest BCUT2D eigenvalue weighted by Gasteiger charge is 2.46. The van der Waals surface area contributed by atoms with Crippen LogP contribution in [0.5, 0.6) is 5.75 Å². The molecule has 1 heterocycles. The molecule has 3 N–H and O–H groups in total. The summed E-state index contributed by atoms with van der Waals surface area (Å²) in [4.78, 5) is 26.2. The van der Waals surface area contributed by atoms with Gasteiger partial charge in [-0.2, -0.15) is 0 Å². The van der Waals surface area contributed by atoms with Crippen molar-refractivity contribution in [2.24, 2.45) is 0 Å². The van der Waals surface area contributed by atoms with Gasteiger partial charge in [0, 0.05) is 18.7 Å². The second kappa shape index (κ2) is 9.50. The van der Waals surface area contributed by atoms with E-state index in [4.69, 9.17) is 5.21 Å². The smallest absolute Gasteiger partial charge is 0.406 e. The standard InChI is InChI=1S/C21H22F3N3O6S/c1-3-27-12(2)18(20(29)26-30)34(31,32)17-9-6-14(10-16(17)27)19(28)25-11-13-4-7-15(8-5-13)33-21(22,23)24/h4-10,12,18,30H,3,11H2,1-2H3,(H,25,28)(H,26,29). The van der Waals surface area contributed by atoms with Crippen molar-refractivity contribution < 1.29 is 41.1 Å². The summed E-state index contributed by atoms with van der Waals surface area (Å²) < 4.78 is 66.6. The summed E-state index contributed by atoms with van der Waals surface area (Å²) in [5, 5.41) is 10.1. The van der Waals surface area contributed by atoms with Crippen molar-refractivity contribution in [2.45, 2.75) is 42.9 Å². The number of alkyl halides is 3. The van der Waals surface area contributed by atoms with Gasteiger partial charge in [-0.1, -0.05) is 12.1 Å². The van der Waals surface area contributed by atoms with E-state index >= 15 is 0 Å². The van der Waals surface area contributed by atoms with Crippen LogP contribution < -0.4 is 20.4 Å². The predicted octanol–water partition coefficient (Wildman–Crippen LogP) is 2.39. The molecular formula is C21H22F3N3O6S. The number of rotatable bonds is 6. The number of fused-ring (bicyclic) bond motifs is 1. The highest BCUT2D eigenvalue weighted by molar-refractivity contribution is 7.93. The topological polar surface area (TPSA) is 125 Å². The summed E-state index contributed by atoms with van der Waals surface area (Å²) in [5.41, 5.74) is 2.32. The van der Waals surface area contributed by atoms with Crippen molar-refractivity contribution in [3.63, 3.8) is 0 Å². The summed E-state index contributed by atoms with van der Waals surface area (Å²) in [6.45, 7) is 3.62. The van der Waals surface area contributed by atoms with Crippen LogP contribution >= 0.6 is 0 Å². The first kappa shape index (κ1) is 25.3. The minimum Gasteiger partial charge on any atom is -0.406 e. The fourth-order valence-electron chi connectivity index (χ4n) is 3.88. The quantitative estimate of drug-likeness (QED) is 0.410. The highest BCUT2D eigenvalue weighted by Crippen LogP contribution is 2.38. The summed E-state index contributed by atoms with van der Waals surface area (Å²) in [7, 11) is -4.14. The van der Waals surface area contributed by atoms with Crippen molar-refractivity contribution in [1.29, 1.82) is 0 Å². The van der Waals surface area contributed by atoms with Gasteiger partial charge in [0.15, 0.2) is 15.1 Å². The average molecular weight is 501 g/mol. The van der Waals surface area contributed by atoms with Crippen molar-refractivity contribution in [1.82, 2.24) is 10.8 Å². The van der Waals surface area contributed by atoms with Gasteiger partial charge in [0.25, 0.3) is 11.8 Å². The molecule has 2 unspecified atom stereocenters. The molecule has 0 fully saturated rings. The molecule has 1 aliphatic rings. The molecule has 184 valence electrons. The van der Waals surface area contributed by atoms with Crippen molar-refractivity contribution in [2.75, 3.05) is 11.4 Å². The Kier molecular flexibility index (Phi) is 7.07. The van der Waals surface area contributed by atoms with E-state index < -0.39 is 39.3 Å². The lowest BCUT2D eigenvalue weighted by Gasteiger charge is -2.40. The molecule has 0 bridgehead atoms. The Hall–Kier alpha value is -3.32. The monoisotopic (exact) mass is 501 g/mol. The molecule has 2 aromatic rings. The van der Waals surface area contributed by atoms with Gasteiger partial charge in [-0.05, 0) is 49.7 Å². The molecule has 13 heteroatoms. The first-order valence-electron chi connectivity index (χ1n) is 10.1. The first-order chi connectivity index (χ1) is 15.9. The molecule has 0 radical (unpaired) electrons. The SMILES string of the molecule is CCN1c2cc(C(=O)NCc3ccc(OC(F)(F)F)cc3)ccc2S(=O)(=O)C(C(=O)NO)C1C. The van der Waals surface area contributed by atoms with Gasteiger partial charge < -0.3 is 15.0 Å². The summed E-state index contributed by atoms with van der Waals surface area (Å²) in [6, 6.07) is 8.09. The van der Waals surface area contributed by atoms with Crippen LogP contribution in [-0.2, 0) is 21.2 Å². The molecule has 3 rings (SSSR count). The Balaban J connectivity index is 1.80. The van der Waals surface area contributed by atoms with E-state index in [1.807, 2.05) is 0 Å². The Bertz CT molecular complexity index is 1190. The molecule has 0 spiro atoms. The summed E-state index contributed by atoms with van der Waals surface area (Å²) >= 11 is 0. The zero-order valence-electron chi connectivity index (χ0n) is 18.1. The third kappa shape index (κ3) is 5.09. The van der Waals surface area contributed by atoms with Crippen molar-refractivity contribution in [3.05, 3.63) is 53.6 Å². The second-order valence-electron chi connectivity index (χ2n) is 7.53. The molecule has 1 aliphatic heterocycles. The van der Waals surface area contributed by atoms with E-state index in [0.717, 1.165) is 12.1 Å². The maximum absolute atomic E-state index is 13.0. The normalized spacial score (nSPS) is 19.2. The lowest BCUT2D eigenvalue weighted by molar-refractivity contribution is -0.274. The lowest BCUT2D eigenvalue weighted by Crippen LogP contribution is -2.56. The van der Waals surface area contributed by atoms with Crippen LogP contribution in [0.1, 0.15) is 29.8 Å². The predicted molar refractivity (Wildman–Crippen MR) is 114 cm³/mol. The number of ether oxygens (including phenoxy) is 1. The van der Waals surface area contributed by atoms with Crippen LogP contribution in [0.4, 0.5) is 18.9 Å². The molecule has 2 atom stereocenters. The van der Waals surface area contributed by atoms with Crippen LogP contribution in [-0.4, -0.2) is 49.6 Å². The zero-order valence-corrected chi connectivity index (χ0v) is 18.9. The third-order valence-corrected chi connectivity index (χ3v) is 7.66. The number of halogens is 3. The molecule has 0 aliphatic carbocycles. The van der Waals surface area contributed by atoms with E-state index in [2.05, 4.69) is 10.1 Å². The fourth-order valence-corrected chi connectivity index (χ4v) is 5.88. The Labute approximate surface area is 193 Å². The van der Waals surface area contributed by atoms with Crippen molar-refractivity contribution in [3.8, 4) is 5.75 Å². The number of nitrogens with zero attached hydrogens (tertiary/aromatic N) is 1. The van der Waals surface area contributed by atoms with Gasteiger partial charge in [-0.15, -0.1) is 13.2 Å². The second-order valence-corrected chi connectivity index (χ2v) is 9.56. The average Bonchev–Trinajstić information content (AvgIpc) is 2.77. The Morgan fingerprint density at radius 3 is 2.35 bits per heavy atom. The maximum Gasteiger partial charge on any atom is 0.573 e. The third-order valence-electron chi connectivity index (χ3n) is 5.42. The number of nitrogens with one attached hydrogen (secondary N) is 2. The van der Waals surface area contributed by atoms with Crippen molar-refractivity contribution >= 4 is 27.3 Å². The maximum atomic E-state index is 13.0. The van der Waals surface area contributed by atoms with Crippen LogP contribution in [0.25, 0.3) is 0 Å². The lowest BCUT2D eigenvalue weighted by atomic mass is 10.1. The number of hydroxylamine groups is 1. The Morgan fingerprint density at radius 1 is 1.15 bits per heavy atom. The van der Waals surface area contributed by atoms with Gasteiger partial charge in [0.1, 0.15) is 5.75 Å². The van der Waals surface area contributed by atoms with Crippen LogP contribution in [0, 0.1) is 0 Å². The van der Waals surface area contributed by atoms with Crippen LogP contribution in [0.15, 0.2) is 47.4 Å². The number of sulfone groups is 1. The van der Waals surface area contributed by atoms with Crippen LogP contribution in [0.3, 0.4) is 0 Å². The first-order valence-corrected chi connectivity index (χ1v) is 11.6. The van der Waals surface area contributed by atoms with Gasteiger partial charge in [0.2, 0.25) is 0 Å². The van der Waals surface area contributed by atoms with Gasteiger partial charge in [0.05, 0.1) is 16.6 Å². The minimum absolute atomic E-state index is 0.00710. The number of carbonyl (C=O) groups excluding carboxylic acids is 2. The zero-order chi connectivity index (χ0) is 25.3. The number of hydrogen-bond donors (Lipinski definition) is 3.